The second-order valence-corrected chi connectivity index (χ2v) is 9.38. The lowest BCUT2D eigenvalue weighted by molar-refractivity contribution is -0.118. The number of hydrogen-bond acceptors (Lipinski definition) is 7. The van der Waals surface area contributed by atoms with Gasteiger partial charge in [-0.15, -0.1) is 0 Å². The number of amides is 2. The molecule has 34 heavy (non-hydrogen) atoms. The minimum absolute atomic E-state index is 0.114. The number of carbonyl (C=O) groups is 2. The fraction of sp³-hybridized carbons (Fsp3) is 0.348. The second kappa shape index (κ2) is 11.1. The van der Waals surface area contributed by atoms with Crippen molar-refractivity contribution in [3.8, 4) is 0 Å². The first-order valence-corrected chi connectivity index (χ1v) is 12.3. The number of nitrogens with zero attached hydrogens (tertiary/aromatic N) is 1. The zero-order valence-electron chi connectivity index (χ0n) is 19.2. The summed E-state index contributed by atoms with van der Waals surface area (Å²) in [7, 11) is -2.21. The lowest BCUT2D eigenvalue weighted by Crippen LogP contribution is -2.34. The molecule has 0 fully saturated rings. The molecule has 0 aromatic heterocycles. The average Bonchev–Trinajstić information content (AvgIpc) is 3.07. The summed E-state index contributed by atoms with van der Waals surface area (Å²) < 4.78 is 37.1. The van der Waals surface area contributed by atoms with Gasteiger partial charge >= 0.3 is 6.09 Å². The predicted molar refractivity (Wildman–Crippen MR) is 128 cm³/mol. The number of hydrogen-bond donors (Lipinski definition) is 3. The number of nitrogens with one attached hydrogen (secondary N) is 3. The Morgan fingerprint density at radius 2 is 1.76 bits per heavy atom. The molecule has 1 aliphatic rings. The number of aliphatic imine (C=N–C) groups is 1. The highest BCUT2D eigenvalue weighted by Crippen LogP contribution is 2.25. The molecule has 2 aromatic rings. The molecule has 1 aliphatic heterocycles. The van der Waals surface area contributed by atoms with E-state index in [0.29, 0.717) is 23.4 Å². The highest BCUT2D eigenvalue weighted by Gasteiger charge is 2.33. The summed E-state index contributed by atoms with van der Waals surface area (Å²) >= 11 is 0. The first-order chi connectivity index (χ1) is 16.2. The van der Waals surface area contributed by atoms with E-state index in [2.05, 4.69) is 20.3 Å². The molecule has 2 aromatic carbocycles. The number of fused-ring (bicyclic) bond motifs is 1. The highest BCUT2D eigenvalue weighted by molar-refractivity contribution is 7.90. The highest BCUT2D eigenvalue weighted by atomic mass is 32.2. The van der Waals surface area contributed by atoms with Gasteiger partial charge in [-0.05, 0) is 36.2 Å². The molecule has 1 heterocycles. The van der Waals surface area contributed by atoms with Crippen molar-refractivity contribution in [1.82, 2.24) is 4.72 Å². The Hall–Kier alpha value is -3.44. The first-order valence-electron chi connectivity index (χ1n) is 10.8. The maximum Gasteiger partial charge on any atom is 0.411 e. The Balaban J connectivity index is 1.78. The molecule has 0 spiro atoms. The molecule has 2 atom stereocenters. The maximum absolute atomic E-state index is 13.2. The summed E-state index contributed by atoms with van der Waals surface area (Å²) in [4.78, 5) is 29.7. The van der Waals surface area contributed by atoms with Gasteiger partial charge in [0.25, 0.3) is 10.0 Å². The van der Waals surface area contributed by atoms with Gasteiger partial charge in [0.1, 0.15) is 18.5 Å². The molecule has 11 heteroatoms. The quantitative estimate of drug-likeness (QED) is 0.465. The minimum Gasteiger partial charge on any atom is -0.447 e. The third-order valence-electron chi connectivity index (χ3n) is 5.28. The van der Waals surface area contributed by atoms with Gasteiger partial charge in [0.15, 0.2) is 0 Å². The Morgan fingerprint density at radius 3 is 2.47 bits per heavy atom. The number of anilines is 2. The van der Waals surface area contributed by atoms with E-state index in [4.69, 9.17) is 9.47 Å². The summed E-state index contributed by atoms with van der Waals surface area (Å²) in [6.07, 6.45) is 0.00892. The SMILES string of the molecule is CC[C@H](C)[C@H](N=C1NS(=O)(=O)c2ccccc21)C(=O)Nc1cccc(NC(=O)OCCOC)c1. The fourth-order valence-electron chi connectivity index (χ4n) is 3.30. The van der Waals surface area contributed by atoms with Crippen molar-refractivity contribution in [2.24, 2.45) is 10.9 Å². The maximum atomic E-state index is 13.2. The summed E-state index contributed by atoms with van der Waals surface area (Å²) in [5.74, 6) is -0.419. The van der Waals surface area contributed by atoms with Crippen LogP contribution >= 0.6 is 0 Å². The summed E-state index contributed by atoms with van der Waals surface area (Å²) in [6.45, 7) is 4.20. The summed E-state index contributed by atoms with van der Waals surface area (Å²) in [5.41, 5.74) is 1.31. The van der Waals surface area contributed by atoms with E-state index in [1.54, 1.807) is 42.5 Å². The minimum atomic E-state index is -3.72. The third kappa shape index (κ3) is 6.12. The van der Waals surface area contributed by atoms with Crippen LogP contribution in [0.3, 0.4) is 0 Å². The molecule has 0 unspecified atom stereocenters. The van der Waals surface area contributed by atoms with Gasteiger partial charge in [-0.1, -0.05) is 38.5 Å². The van der Waals surface area contributed by atoms with E-state index in [1.165, 1.54) is 13.2 Å². The molecule has 10 nitrogen and oxygen atoms in total. The number of methoxy groups -OCH3 is 1. The lowest BCUT2D eigenvalue weighted by atomic mass is 9.98. The van der Waals surface area contributed by atoms with Crippen molar-refractivity contribution in [3.63, 3.8) is 0 Å². The van der Waals surface area contributed by atoms with Crippen molar-refractivity contribution in [1.29, 1.82) is 0 Å². The van der Waals surface area contributed by atoms with Gasteiger partial charge in [-0.3, -0.25) is 19.8 Å². The van der Waals surface area contributed by atoms with Crippen LogP contribution in [0.2, 0.25) is 0 Å². The van der Waals surface area contributed by atoms with E-state index in [0.717, 1.165) is 0 Å². The smallest absolute Gasteiger partial charge is 0.411 e. The largest absolute Gasteiger partial charge is 0.447 e. The van der Waals surface area contributed by atoms with Crippen LogP contribution in [0.15, 0.2) is 58.4 Å². The number of sulfonamides is 1. The van der Waals surface area contributed by atoms with Crippen LogP contribution in [0.1, 0.15) is 25.8 Å². The van der Waals surface area contributed by atoms with Crippen LogP contribution < -0.4 is 15.4 Å². The number of amidine groups is 1. The van der Waals surface area contributed by atoms with E-state index in [9.17, 15) is 18.0 Å². The van der Waals surface area contributed by atoms with Gasteiger partial charge in [-0.2, -0.15) is 0 Å². The number of rotatable bonds is 9. The molecule has 0 aliphatic carbocycles. The molecule has 3 rings (SSSR count). The number of benzene rings is 2. The molecule has 3 N–H and O–H groups in total. The van der Waals surface area contributed by atoms with Crippen molar-refractivity contribution in [3.05, 3.63) is 54.1 Å². The second-order valence-electron chi connectivity index (χ2n) is 7.73. The lowest BCUT2D eigenvalue weighted by Gasteiger charge is -2.19. The van der Waals surface area contributed by atoms with Crippen LogP contribution in [0, 0.1) is 5.92 Å². The first kappa shape index (κ1) is 25.2. The van der Waals surface area contributed by atoms with Crippen molar-refractivity contribution >= 4 is 39.2 Å². The van der Waals surface area contributed by atoms with Crippen LogP contribution in [0.4, 0.5) is 16.2 Å². The fourth-order valence-corrected chi connectivity index (χ4v) is 4.54. The Kier molecular flexibility index (Phi) is 8.24. The predicted octanol–water partition coefficient (Wildman–Crippen LogP) is 2.97. The molecule has 2 amide bonds. The molecule has 0 radical (unpaired) electrons. The zero-order chi connectivity index (χ0) is 24.7. The number of ether oxygens (including phenoxy) is 2. The molecule has 0 saturated carbocycles. The molecular formula is C23H28N4O6S. The molecular weight excluding hydrogens is 460 g/mol. The van der Waals surface area contributed by atoms with Crippen LogP contribution in [-0.4, -0.2) is 52.6 Å². The van der Waals surface area contributed by atoms with E-state index < -0.39 is 28.1 Å². The van der Waals surface area contributed by atoms with Gasteiger partial charge in [0.05, 0.1) is 11.5 Å². The summed E-state index contributed by atoms with van der Waals surface area (Å²) in [5, 5.41) is 5.39. The van der Waals surface area contributed by atoms with E-state index in [-0.39, 0.29) is 29.9 Å². The molecule has 0 bridgehead atoms. The normalized spacial score (nSPS) is 16.7. The Bertz CT molecular complexity index is 1180. The monoisotopic (exact) mass is 488 g/mol. The third-order valence-corrected chi connectivity index (χ3v) is 6.68. The summed E-state index contributed by atoms with van der Waals surface area (Å²) in [6, 6.07) is 12.2. The van der Waals surface area contributed by atoms with E-state index >= 15 is 0 Å². The zero-order valence-corrected chi connectivity index (χ0v) is 20.0. The Labute approximate surface area is 198 Å². The van der Waals surface area contributed by atoms with Crippen molar-refractivity contribution < 1.29 is 27.5 Å². The van der Waals surface area contributed by atoms with Crippen LogP contribution in [-0.2, 0) is 24.3 Å². The Morgan fingerprint density at radius 1 is 1.06 bits per heavy atom. The van der Waals surface area contributed by atoms with Gasteiger partial charge < -0.3 is 14.8 Å². The standard InChI is InChI=1S/C23H28N4O6S/c1-4-15(2)20(26-21-18-10-5-6-11-19(18)34(30,31)27-21)22(28)24-16-8-7-9-17(14-16)25-23(29)33-13-12-32-3/h5-11,14-15,20H,4,12-13H2,1-3H3,(H,24,28)(H,25,29)(H,26,27)/t15-,20-/m0/s1. The molecule has 182 valence electrons. The number of carbonyl (C=O) groups excluding carboxylic acids is 2. The van der Waals surface area contributed by atoms with Crippen molar-refractivity contribution in [2.75, 3.05) is 31.0 Å². The van der Waals surface area contributed by atoms with Gasteiger partial charge in [0, 0.05) is 24.0 Å². The van der Waals surface area contributed by atoms with Crippen molar-refractivity contribution in [2.45, 2.75) is 31.2 Å². The van der Waals surface area contributed by atoms with Crippen LogP contribution in [0.25, 0.3) is 0 Å². The average molecular weight is 489 g/mol. The van der Waals surface area contributed by atoms with Crippen LogP contribution in [0.5, 0.6) is 0 Å². The molecule has 0 saturated heterocycles. The van der Waals surface area contributed by atoms with Gasteiger partial charge in [-0.25, -0.2) is 13.2 Å². The topological polar surface area (TPSA) is 135 Å². The van der Waals surface area contributed by atoms with E-state index in [1.807, 2.05) is 13.8 Å². The van der Waals surface area contributed by atoms with Gasteiger partial charge in [0.2, 0.25) is 5.91 Å².